The molecule has 0 aliphatic rings. The number of ether oxygens (including phenoxy) is 4. The molecule has 0 aromatic carbocycles. The molecule has 0 bridgehead atoms. The summed E-state index contributed by atoms with van der Waals surface area (Å²) in [6, 6.07) is 0. The van der Waals surface area contributed by atoms with Crippen LogP contribution in [0.2, 0.25) is 0 Å². The molecule has 0 saturated carbocycles. The zero-order valence-corrected chi connectivity index (χ0v) is 53.5. The number of carbonyl (C=O) groups is 3. The largest absolute Gasteiger partial charge is 0.477 e. The number of rotatable bonds is 59. The standard InChI is InChI=1S/C74H121NO8/c1-6-8-10-12-14-16-18-20-22-24-26-28-30-31-32-33-34-35-36-37-38-39-40-41-43-45-47-49-51-53-55-57-59-61-63-65-72(77)83-70(69-82-74(73(78)79)80-67-66-75(3,4)5)68-81-71(76)64-62-60-58-56-54-52-50-48-46-44-42-29-27-25-23-21-19-17-15-13-11-9-7-2/h8,10,14,16,19-22,25-28,31-32,34-35,37-38,40-41,45,47,51,53,70,74H,6-7,9,11-13,15,17-18,23-24,29-30,33,36,39,42-44,46,48-50,52,54-69H2,1-5H3/p+1/b10-8-,16-14-,21-19-,22-20-,27-25-,28-26-,32-31-,35-34-,38-37-,41-40-,47-45-,53-51-. The van der Waals surface area contributed by atoms with Crippen LogP contribution in [0.5, 0.6) is 0 Å². The number of hydrogen-bond donors (Lipinski definition) is 1. The maximum Gasteiger partial charge on any atom is 0.361 e. The van der Waals surface area contributed by atoms with E-state index in [1.807, 2.05) is 21.1 Å². The van der Waals surface area contributed by atoms with Crippen molar-refractivity contribution >= 4 is 17.9 Å². The second-order valence-electron chi connectivity index (χ2n) is 22.7. The van der Waals surface area contributed by atoms with Crippen LogP contribution in [0.25, 0.3) is 0 Å². The Morgan fingerprint density at radius 1 is 0.373 bits per heavy atom. The Morgan fingerprint density at radius 2 is 0.687 bits per heavy atom. The minimum Gasteiger partial charge on any atom is -0.477 e. The van der Waals surface area contributed by atoms with E-state index in [-0.39, 0.29) is 38.6 Å². The molecule has 0 aliphatic carbocycles. The van der Waals surface area contributed by atoms with Crippen molar-refractivity contribution in [3.8, 4) is 0 Å². The van der Waals surface area contributed by atoms with E-state index >= 15 is 0 Å². The molecule has 0 heterocycles. The van der Waals surface area contributed by atoms with Gasteiger partial charge in [-0.05, 0) is 122 Å². The van der Waals surface area contributed by atoms with Gasteiger partial charge in [-0.2, -0.15) is 0 Å². The second-order valence-corrected chi connectivity index (χ2v) is 22.7. The maximum atomic E-state index is 12.9. The average Bonchev–Trinajstić information content (AvgIpc) is 3.46. The number of carboxylic acid groups (broad SMARTS) is 1. The zero-order chi connectivity index (χ0) is 60.5. The predicted octanol–water partition coefficient (Wildman–Crippen LogP) is 20.3. The van der Waals surface area contributed by atoms with Crippen LogP contribution >= 0.6 is 0 Å². The summed E-state index contributed by atoms with van der Waals surface area (Å²) in [6.07, 6.45) is 89.4. The SMILES string of the molecule is CC/C=C\C/C=C\C/C=C\C/C=C\C/C=C\C/C=C\C/C=C\C/C=C\C/C=C\C/C=C\CCCCCCC(=O)OC(COC(=O)CCCCCCCCCCCCC/C=C\C/C=C\CCCCCCC)COC(OCC[N+](C)(C)C)C(=O)O. The summed E-state index contributed by atoms with van der Waals surface area (Å²) in [7, 11) is 5.95. The van der Waals surface area contributed by atoms with Crippen LogP contribution in [0.4, 0.5) is 0 Å². The third-order valence-corrected chi connectivity index (χ3v) is 13.6. The number of esters is 2. The van der Waals surface area contributed by atoms with Gasteiger partial charge in [-0.1, -0.05) is 256 Å². The maximum absolute atomic E-state index is 12.9. The van der Waals surface area contributed by atoms with Crippen LogP contribution in [-0.2, 0) is 33.3 Å². The number of unbranched alkanes of at least 4 members (excludes halogenated alkanes) is 20. The van der Waals surface area contributed by atoms with Crippen molar-refractivity contribution in [3.63, 3.8) is 0 Å². The fourth-order valence-electron chi connectivity index (χ4n) is 8.54. The van der Waals surface area contributed by atoms with Crippen LogP contribution < -0.4 is 0 Å². The molecule has 9 heteroatoms. The first kappa shape index (κ1) is 78.2. The van der Waals surface area contributed by atoms with E-state index < -0.39 is 24.3 Å². The Bertz CT molecular complexity index is 1870. The normalized spacial score (nSPS) is 13.7. The average molecular weight is 1150 g/mol. The van der Waals surface area contributed by atoms with Gasteiger partial charge in [-0.15, -0.1) is 0 Å². The van der Waals surface area contributed by atoms with Gasteiger partial charge in [-0.25, -0.2) is 4.79 Å². The predicted molar refractivity (Wildman–Crippen MR) is 354 cm³/mol. The first-order valence-electron chi connectivity index (χ1n) is 33.0. The van der Waals surface area contributed by atoms with E-state index in [1.165, 1.54) is 96.3 Å². The van der Waals surface area contributed by atoms with E-state index in [1.54, 1.807) is 0 Å². The van der Waals surface area contributed by atoms with Crippen LogP contribution in [-0.4, -0.2) is 87.4 Å². The van der Waals surface area contributed by atoms with Gasteiger partial charge in [0, 0.05) is 12.8 Å². The van der Waals surface area contributed by atoms with E-state index in [2.05, 4.69) is 160 Å². The lowest BCUT2D eigenvalue weighted by molar-refractivity contribution is -0.870. The molecule has 0 aromatic rings. The van der Waals surface area contributed by atoms with Crippen molar-refractivity contribution in [2.24, 2.45) is 0 Å². The third-order valence-electron chi connectivity index (χ3n) is 13.6. The first-order valence-corrected chi connectivity index (χ1v) is 33.0. The Labute approximate surface area is 509 Å². The highest BCUT2D eigenvalue weighted by molar-refractivity contribution is 5.71. The fraction of sp³-hybridized carbons (Fsp3) is 0.635. The summed E-state index contributed by atoms with van der Waals surface area (Å²) in [5, 5.41) is 9.73. The van der Waals surface area contributed by atoms with Crippen molar-refractivity contribution in [1.29, 1.82) is 0 Å². The van der Waals surface area contributed by atoms with Gasteiger partial charge in [0.15, 0.2) is 6.10 Å². The van der Waals surface area contributed by atoms with Gasteiger partial charge < -0.3 is 28.5 Å². The molecule has 470 valence electrons. The summed E-state index contributed by atoms with van der Waals surface area (Å²) in [5.74, 6) is -2.05. The number of likely N-dealkylation sites (N-methyl/N-ethyl adjacent to an activating group) is 1. The van der Waals surface area contributed by atoms with Gasteiger partial charge in [0.1, 0.15) is 13.2 Å². The Morgan fingerprint density at radius 3 is 1.02 bits per heavy atom. The highest BCUT2D eigenvalue weighted by Gasteiger charge is 2.25. The fourth-order valence-corrected chi connectivity index (χ4v) is 8.54. The number of carboxylic acids is 1. The summed E-state index contributed by atoms with van der Waals surface area (Å²) in [5.41, 5.74) is 0. The molecular weight excluding hydrogens is 1030 g/mol. The molecule has 83 heavy (non-hydrogen) atoms. The Kier molecular flexibility index (Phi) is 59.5. The monoisotopic (exact) mass is 1150 g/mol. The molecular formula is C74H122NO8+. The molecule has 0 amide bonds. The van der Waals surface area contributed by atoms with Crippen molar-refractivity contribution < 1.29 is 42.9 Å². The Hall–Kier alpha value is -4.83. The lowest BCUT2D eigenvalue weighted by atomic mass is 10.0. The number of aliphatic carboxylic acids is 1. The smallest absolute Gasteiger partial charge is 0.361 e. The summed E-state index contributed by atoms with van der Waals surface area (Å²) >= 11 is 0. The minimum absolute atomic E-state index is 0.174. The molecule has 9 nitrogen and oxygen atoms in total. The molecule has 0 aromatic heterocycles. The molecule has 0 aliphatic heterocycles. The second kappa shape index (κ2) is 63.2. The van der Waals surface area contributed by atoms with Crippen molar-refractivity contribution in [3.05, 3.63) is 146 Å². The molecule has 2 atom stereocenters. The van der Waals surface area contributed by atoms with Crippen LogP contribution in [0, 0.1) is 0 Å². The highest BCUT2D eigenvalue weighted by atomic mass is 16.7. The highest BCUT2D eigenvalue weighted by Crippen LogP contribution is 2.15. The van der Waals surface area contributed by atoms with Crippen molar-refractivity contribution in [1.82, 2.24) is 0 Å². The lowest BCUT2D eigenvalue weighted by Gasteiger charge is -2.25. The van der Waals surface area contributed by atoms with Gasteiger partial charge >= 0.3 is 17.9 Å². The lowest BCUT2D eigenvalue weighted by Crippen LogP contribution is -2.40. The molecule has 0 saturated heterocycles. The number of carbonyl (C=O) groups excluding carboxylic acids is 2. The van der Waals surface area contributed by atoms with Crippen LogP contribution in [0.3, 0.4) is 0 Å². The van der Waals surface area contributed by atoms with E-state index in [0.29, 0.717) is 17.4 Å². The molecule has 0 radical (unpaired) electrons. The first-order chi connectivity index (χ1) is 40.6. The molecule has 0 fully saturated rings. The number of hydrogen-bond acceptors (Lipinski definition) is 7. The molecule has 0 spiro atoms. The minimum atomic E-state index is -1.53. The van der Waals surface area contributed by atoms with E-state index in [4.69, 9.17) is 18.9 Å². The third kappa shape index (κ3) is 64.6. The summed E-state index contributed by atoms with van der Waals surface area (Å²) in [4.78, 5) is 37.6. The summed E-state index contributed by atoms with van der Waals surface area (Å²) in [6.45, 7) is 4.71. The van der Waals surface area contributed by atoms with Crippen LogP contribution in [0.1, 0.15) is 245 Å². The van der Waals surface area contributed by atoms with Crippen LogP contribution in [0.15, 0.2) is 146 Å². The quantitative estimate of drug-likeness (QED) is 0.0211. The number of nitrogens with zero attached hydrogens (tertiary/aromatic N) is 1. The van der Waals surface area contributed by atoms with Gasteiger partial charge in [0.2, 0.25) is 0 Å². The zero-order valence-electron chi connectivity index (χ0n) is 53.5. The van der Waals surface area contributed by atoms with E-state index in [0.717, 1.165) is 116 Å². The number of allylic oxidation sites excluding steroid dienone is 24. The van der Waals surface area contributed by atoms with Gasteiger partial charge in [0.25, 0.3) is 6.29 Å². The number of quaternary nitrogens is 1. The van der Waals surface area contributed by atoms with Gasteiger partial charge in [0.05, 0.1) is 34.4 Å². The Balaban J connectivity index is 4.29. The summed E-state index contributed by atoms with van der Waals surface area (Å²) < 4.78 is 22.9. The topological polar surface area (TPSA) is 108 Å². The van der Waals surface area contributed by atoms with Gasteiger partial charge in [-0.3, -0.25) is 9.59 Å². The molecule has 0 rings (SSSR count). The molecule has 2 unspecified atom stereocenters. The van der Waals surface area contributed by atoms with Crippen molar-refractivity contribution in [2.45, 2.75) is 257 Å². The van der Waals surface area contributed by atoms with E-state index in [9.17, 15) is 19.5 Å². The molecule has 1 N–H and O–H groups in total. The van der Waals surface area contributed by atoms with Crippen molar-refractivity contribution in [2.75, 3.05) is 47.5 Å².